The maximum absolute atomic E-state index is 12.8. The molecule has 0 unspecified atom stereocenters. The van der Waals surface area contributed by atoms with Crippen LogP contribution in [0.15, 0.2) is 58.4 Å². The van der Waals surface area contributed by atoms with Crippen LogP contribution in [-0.4, -0.2) is 14.6 Å². The van der Waals surface area contributed by atoms with Crippen LogP contribution in [-0.2, 0) is 10.1 Å². The predicted molar refractivity (Wildman–Crippen MR) is 123 cm³/mol. The van der Waals surface area contributed by atoms with Gasteiger partial charge in [0.25, 0.3) is 0 Å². The molecule has 0 radical (unpaired) electrons. The normalized spacial score (nSPS) is 11.8. The summed E-state index contributed by atoms with van der Waals surface area (Å²) < 4.78 is 30.9. The number of nitrogens with zero attached hydrogens (tertiary/aromatic N) is 1. The third-order valence-electron chi connectivity index (χ3n) is 4.69. The number of hydrogen-bond acceptors (Lipinski definition) is 4. The number of hydrogen-bond donors (Lipinski definition) is 0. The van der Waals surface area contributed by atoms with Crippen LogP contribution in [0.4, 0.5) is 5.69 Å². The van der Waals surface area contributed by atoms with E-state index in [1.165, 1.54) is 30.0 Å². The van der Waals surface area contributed by atoms with Crippen molar-refractivity contribution in [2.45, 2.75) is 32.6 Å². The highest BCUT2D eigenvalue weighted by atomic mass is 35.5. The van der Waals surface area contributed by atoms with Crippen molar-refractivity contribution in [3.63, 3.8) is 0 Å². The molecule has 3 aromatic carbocycles. The molecule has 0 N–H and O–H groups in total. The van der Waals surface area contributed by atoms with Crippen molar-refractivity contribution in [1.29, 1.82) is 0 Å². The van der Waals surface area contributed by atoms with Crippen LogP contribution in [0.2, 0.25) is 10.0 Å². The second kappa shape index (κ2) is 8.80. The van der Waals surface area contributed by atoms with Crippen molar-refractivity contribution >= 4 is 45.2 Å². The highest BCUT2D eigenvalue weighted by molar-refractivity contribution is 7.87. The molecule has 0 saturated carbocycles. The fourth-order valence-electron chi connectivity index (χ4n) is 2.85. The maximum atomic E-state index is 12.8. The van der Waals surface area contributed by atoms with Crippen molar-refractivity contribution in [3.8, 4) is 5.75 Å². The molecule has 0 aliphatic rings. The average Bonchev–Trinajstić information content (AvgIpc) is 2.66. The molecule has 0 fully saturated rings. The number of halogens is 2. The Balaban J connectivity index is 2.03. The summed E-state index contributed by atoms with van der Waals surface area (Å²) in [5, 5.41) is 0.426. The molecule has 0 amide bonds. The zero-order chi connectivity index (χ0) is 22.1. The number of aliphatic imine (C=N–C) groups is 1. The Kier molecular flexibility index (Phi) is 6.56. The van der Waals surface area contributed by atoms with Crippen molar-refractivity contribution < 1.29 is 12.6 Å². The van der Waals surface area contributed by atoms with Gasteiger partial charge in [0, 0.05) is 16.8 Å². The lowest BCUT2D eigenvalue weighted by Gasteiger charge is -2.12. The van der Waals surface area contributed by atoms with E-state index < -0.39 is 10.1 Å². The minimum absolute atomic E-state index is 0.0214. The fraction of sp³-hybridized carbons (Fsp3) is 0.174. The van der Waals surface area contributed by atoms with E-state index in [1.54, 1.807) is 18.2 Å². The standard InChI is InChI=1S/C23H21Cl2NO3S/c1-14-5-7-20(8-6-14)30(27,28)29-23-18(11-19(24)12-21(23)25)13-26-22-10-16(3)15(2)9-17(22)4/h5-13H,1-4H3. The lowest BCUT2D eigenvalue weighted by molar-refractivity contribution is 0.486. The fourth-order valence-corrected chi connectivity index (χ4v) is 4.41. The van der Waals surface area contributed by atoms with Crippen LogP contribution in [0, 0.1) is 27.7 Å². The Bertz CT molecular complexity index is 1230. The van der Waals surface area contributed by atoms with Crippen LogP contribution < -0.4 is 4.18 Å². The third kappa shape index (κ3) is 5.04. The van der Waals surface area contributed by atoms with Gasteiger partial charge in [-0.2, -0.15) is 8.42 Å². The van der Waals surface area contributed by atoms with Gasteiger partial charge in [0.15, 0.2) is 5.75 Å². The number of aryl methyl sites for hydroxylation is 4. The van der Waals surface area contributed by atoms with E-state index >= 15 is 0 Å². The van der Waals surface area contributed by atoms with Gasteiger partial charge < -0.3 is 4.18 Å². The summed E-state index contributed by atoms with van der Waals surface area (Å²) in [5.74, 6) is -0.0214. The van der Waals surface area contributed by atoms with Gasteiger partial charge >= 0.3 is 10.1 Å². The lowest BCUT2D eigenvalue weighted by atomic mass is 10.1. The molecule has 0 aliphatic carbocycles. The number of benzene rings is 3. The van der Waals surface area contributed by atoms with Gasteiger partial charge in [-0.1, -0.05) is 47.0 Å². The first-order valence-electron chi connectivity index (χ1n) is 9.19. The largest absolute Gasteiger partial charge is 0.377 e. The Morgan fingerprint density at radius 2 is 1.50 bits per heavy atom. The summed E-state index contributed by atoms with van der Waals surface area (Å²) in [6.45, 7) is 7.88. The molecule has 3 aromatic rings. The Morgan fingerprint density at radius 3 is 2.17 bits per heavy atom. The highest BCUT2D eigenvalue weighted by Crippen LogP contribution is 2.34. The van der Waals surface area contributed by atoms with Gasteiger partial charge in [0.05, 0.1) is 10.7 Å². The van der Waals surface area contributed by atoms with Gasteiger partial charge in [0.2, 0.25) is 0 Å². The van der Waals surface area contributed by atoms with Crippen LogP contribution in [0.1, 0.15) is 27.8 Å². The monoisotopic (exact) mass is 461 g/mol. The van der Waals surface area contributed by atoms with E-state index in [9.17, 15) is 8.42 Å². The van der Waals surface area contributed by atoms with Gasteiger partial charge in [0.1, 0.15) is 4.90 Å². The molecule has 156 valence electrons. The molecule has 4 nitrogen and oxygen atoms in total. The first-order chi connectivity index (χ1) is 14.1. The first kappa shape index (κ1) is 22.3. The molecule has 0 saturated heterocycles. The van der Waals surface area contributed by atoms with Crippen LogP contribution >= 0.6 is 23.2 Å². The molecule has 3 rings (SSSR count). The minimum atomic E-state index is -4.08. The SMILES string of the molecule is Cc1ccc(S(=O)(=O)Oc2c(Cl)cc(Cl)cc2C=Nc2cc(C)c(C)cc2C)cc1. The molecular formula is C23H21Cl2NO3S. The summed E-state index contributed by atoms with van der Waals surface area (Å²) in [6, 6.07) is 13.4. The Hall–Kier alpha value is -2.34. The summed E-state index contributed by atoms with van der Waals surface area (Å²) in [4.78, 5) is 4.55. The predicted octanol–water partition coefficient (Wildman–Crippen LogP) is 6.75. The zero-order valence-electron chi connectivity index (χ0n) is 17.0. The van der Waals surface area contributed by atoms with E-state index in [2.05, 4.69) is 4.99 Å². The first-order valence-corrected chi connectivity index (χ1v) is 11.4. The van der Waals surface area contributed by atoms with Crippen molar-refractivity contribution in [1.82, 2.24) is 0 Å². The molecule has 0 bridgehead atoms. The lowest BCUT2D eigenvalue weighted by Crippen LogP contribution is -2.11. The zero-order valence-corrected chi connectivity index (χ0v) is 19.4. The molecular weight excluding hydrogens is 441 g/mol. The summed E-state index contributed by atoms with van der Waals surface area (Å²) in [6.07, 6.45) is 1.51. The highest BCUT2D eigenvalue weighted by Gasteiger charge is 2.21. The third-order valence-corrected chi connectivity index (χ3v) is 6.43. The molecule has 0 aromatic heterocycles. The average molecular weight is 462 g/mol. The number of rotatable bonds is 5. The van der Waals surface area contributed by atoms with Gasteiger partial charge in [-0.3, -0.25) is 4.99 Å². The molecule has 0 atom stereocenters. The summed E-state index contributed by atoms with van der Waals surface area (Å²) >= 11 is 12.4. The maximum Gasteiger partial charge on any atom is 0.339 e. The van der Waals surface area contributed by atoms with E-state index in [4.69, 9.17) is 27.4 Å². The Labute approximate surface area is 187 Å². The summed E-state index contributed by atoms with van der Waals surface area (Å²) in [5.41, 5.74) is 5.34. The quantitative estimate of drug-likeness (QED) is 0.312. The molecule has 0 heterocycles. The molecule has 7 heteroatoms. The van der Waals surface area contributed by atoms with Crippen LogP contribution in [0.3, 0.4) is 0 Å². The second-order valence-corrected chi connectivity index (χ2v) is 9.53. The summed E-state index contributed by atoms with van der Waals surface area (Å²) in [7, 11) is -4.08. The smallest absolute Gasteiger partial charge is 0.339 e. The molecule has 0 spiro atoms. The van der Waals surface area contributed by atoms with E-state index in [-0.39, 0.29) is 15.7 Å². The second-order valence-electron chi connectivity index (χ2n) is 7.14. The van der Waals surface area contributed by atoms with Gasteiger partial charge in [-0.25, -0.2) is 0 Å². The van der Waals surface area contributed by atoms with Crippen LogP contribution in [0.25, 0.3) is 0 Å². The van der Waals surface area contributed by atoms with E-state index in [0.717, 1.165) is 22.4 Å². The molecule has 30 heavy (non-hydrogen) atoms. The van der Waals surface area contributed by atoms with Gasteiger partial charge in [-0.05, 0) is 74.7 Å². The molecule has 0 aliphatic heterocycles. The van der Waals surface area contributed by atoms with E-state index in [0.29, 0.717) is 10.6 Å². The Morgan fingerprint density at radius 1 is 0.867 bits per heavy atom. The topological polar surface area (TPSA) is 55.7 Å². The minimum Gasteiger partial charge on any atom is -0.377 e. The van der Waals surface area contributed by atoms with Crippen molar-refractivity contribution in [2.24, 2.45) is 4.99 Å². The van der Waals surface area contributed by atoms with Crippen LogP contribution in [0.5, 0.6) is 5.75 Å². The van der Waals surface area contributed by atoms with Gasteiger partial charge in [-0.15, -0.1) is 0 Å². The van der Waals surface area contributed by atoms with Crippen molar-refractivity contribution in [2.75, 3.05) is 0 Å². The van der Waals surface area contributed by atoms with Crippen molar-refractivity contribution in [3.05, 3.63) is 86.4 Å². The van der Waals surface area contributed by atoms with E-state index in [1.807, 2.05) is 39.8 Å².